The van der Waals surface area contributed by atoms with E-state index in [0.29, 0.717) is 6.54 Å². The number of nitrogens with one attached hydrogen (secondary N) is 2. The molecule has 0 aliphatic rings. The van der Waals surface area contributed by atoms with E-state index in [2.05, 4.69) is 10.6 Å². The van der Waals surface area contributed by atoms with E-state index in [1.807, 2.05) is 0 Å². The third kappa shape index (κ3) is 5.70. The summed E-state index contributed by atoms with van der Waals surface area (Å²) in [5, 5.41) is 5.28. The van der Waals surface area contributed by atoms with Crippen molar-refractivity contribution in [2.45, 2.75) is 39.7 Å². The van der Waals surface area contributed by atoms with Crippen LogP contribution in [0.2, 0.25) is 0 Å². The molecule has 0 unspecified atom stereocenters. The molecule has 0 aromatic carbocycles. The molecule has 16 heavy (non-hydrogen) atoms. The summed E-state index contributed by atoms with van der Waals surface area (Å²) < 4.78 is 0. The van der Waals surface area contributed by atoms with Crippen LogP contribution in [0.5, 0.6) is 0 Å². The number of hydrogen-bond donors (Lipinski definition) is 3. The predicted molar refractivity (Wildman–Crippen MR) is 63.7 cm³/mol. The van der Waals surface area contributed by atoms with Gasteiger partial charge < -0.3 is 16.4 Å². The van der Waals surface area contributed by atoms with Crippen molar-refractivity contribution in [1.82, 2.24) is 10.6 Å². The molecule has 0 spiro atoms. The maximum Gasteiger partial charge on any atom is 0.227 e. The molecule has 0 heterocycles. The molecule has 2 amide bonds. The van der Waals surface area contributed by atoms with Crippen LogP contribution in [0.1, 0.15) is 34.1 Å². The number of rotatable bonds is 5. The van der Waals surface area contributed by atoms with Gasteiger partial charge in [-0.3, -0.25) is 9.59 Å². The van der Waals surface area contributed by atoms with Crippen molar-refractivity contribution < 1.29 is 9.59 Å². The van der Waals surface area contributed by atoms with Crippen LogP contribution in [0.25, 0.3) is 0 Å². The number of carbonyl (C=O) groups is 2. The van der Waals surface area contributed by atoms with Crippen molar-refractivity contribution in [3.63, 3.8) is 0 Å². The maximum absolute atomic E-state index is 11.5. The third-order valence-corrected chi connectivity index (χ3v) is 2.19. The molecule has 4 N–H and O–H groups in total. The Hall–Kier alpha value is -1.10. The molecule has 0 aromatic rings. The summed E-state index contributed by atoms with van der Waals surface area (Å²) in [6, 6.07) is 0. The zero-order valence-corrected chi connectivity index (χ0v) is 10.8. The molecule has 0 fully saturated rings. The minimum absolute atomic E-state index is 0.0974. The van der Waals surface area contributed by atoms with Crippen molar-refractivity contribution in [3.8, 4) is 0 Å². The van der Waals surface area contributed by atoms with Crippen molar-refractivity contribution in [3.05, 3.63) is 0 Å². The van der Waals surface area contributed by atoms with Crippen LogP contribution in [0, 0.1) is 5.41 Å². The van der Waals surface area contributed by atoms with Crippen molar-refractivity contribution in [2.24, 2.45) is 11.1 Å². The molecular formula is C11H23N3O2. The van der Waals surface area contributed by atoms with Crippen molar-refractivity contribution >= 4 is 11.8 Å². The first kappa shape index (κ1) is 14.9. The standard InChI is InChI=1S/C11H23N3O2/c1-10(2,9(16)13-5)7-14-8(15)6-11(3,4)12/h6-7,12H2,1-5H3,(H,13,16)(H,14,15). The highest BCUT2D eigenvalue weighted by Gasteiger charge is 2.27. The van der Waals surface area contributed by atoms with Gasteiger partial charge in [0.15, 0.2) is 0 Å². The predicted octanol–water partition coefficient (Wildman–Crippen LogP) is 0.00220. The number of hydrogen-bond acceptors (Lipinski definition) is 3. The van der Waals surface area contributed by atoms with E-state index in [1.165, 1.54) is 0 Å². The van der Waals surface area contributed by atoms with Gasteiger partial charge in [0, 0.05) is 25.6 Å². The van der Waals surface area contributed by atoms with Crippen LogP contribution in [-0.4, -0.2) is 30.9 Å². The van der Waals surface area contributed by atoms with E-state index >= 15 is 0 Å². The second kappa shape index (κ2) is 5.30. The highest BCUT2D eigenvalue weighted by molar-refractivity contribution is 5.83. The smallest absolute Gasteiger partial charge is 0.227 e. The lowest BCUT2D eigenvalue weighted by atomic mass is 9.92. The van der Waals surface area contributed by atoms with Crippen LogP contribution < -0.4 is 16.4 Å². The first-order valence-electron chi connectivity index (χ1n) is 5.36. The molecule has 5 heteroatoms. The summed E-state index contributed by atoms with van der Waals surface area (Å²) in [5.74, 6) is -0.232. The van der Waals surface area contributed by atoms with E-state index in [1.54, 1.807) is 34.7 Å². The third-order valence-electron chi connectivity index (χ3n) is 2.19. The summed E-state index contributed by atoms with van der Waals surface area (Å²) in [6.45, 7) is 7.44. The lowest BCUT2D eigenvalue weighted by Gasteiger charge is -2.24. The molecule has 0 bridgehead atoms. The van der Waals surface area contributed by atoms with E-state index in [9.17, 15) is 9.59 Å². The van der Waals surface area contributed by atoms with Gasteiger partial charge in [0.05, 0.1) is 5.41 Å². The Bertz CT molecular complexity index is 267. The molecule has 0 rings (SSSR count). The molecule has 94 valence electrons. The zero-order valence-electron chi connectivity index (χ0n) is 10.8. The van der Waals surface area contributed by atoms with Crippen LogP contribution in [-0.2, 0) is 9.59 Å². The van der Waals surface area contributed by atoms with E-state index in [-0.39, 0.29) is 18.2 Å². The highest BCUT2D eigenvalue weighted by Crippen LogP contribution is 2.13. The number of carbonyl (C=O) groups excluding carboxylic acids is 2. The van der Waals surface area contributed by atoms with E-state index < -0.39 is 11.0 Å². The van der Waals surface area contributed by atoms with E-state index in [4.69, 9.17) is 5.73 Å². The van der Waals surface area contributed by atoms with Crippen molar-refractivity contribution in [2.75, 3.05) is 13.6 Å². The Morgan fingerprint density at radius 1 is 1.19 bits per heavy atom. The largest absolute Gasteiger partial charge is 0.359 e. The van der Waals surface area contributed by atoms with Crippen molar-refractivity contribution in [1.29, 1.82) is 0 Å². The Morgan fingerprint density at radius 2 is 1.69 bits per heavy atom. The molecule has 5 nitrogen and oxygen atoms in total. The molecule has 0 saturated carbocycles. The second-order valence-corrected chi connectivity index (χ2v) is 5.41. The van der Waals surface area contributed by atoms with Gasteiger partial charge in [-0.2, -0.15) is 0 Å². The highest BCUT2D eigenvalue weighted by atomic mass is 16.2. The summed E-state index contributed by atoms with van der Waals surface area (Å²) in [6.07, 6.45) is 0.247. The minimum atomic E-state index is -0.608. The van der Waals surface area contributed by atoms with Crippen LogP contribution in [0.4, 0.5) is 0 Å². The Kier molecular flexibility index (Phi) is 4.93. The van der Waals surface area contributed by atoms with Crippen LogP contribution in [0.15, 0.2) is 0 Å². The zero-order chi connectivity index (χ0) is 13.0. The lowest BCUT2D eigenvalue weighted by Crippen LogP contribution is -2.46. The van der Waals surface area contributed by atoms with Gasteiger partial charge in [0.25, 0.3) is 0 Å². The Labute approximate surface area is 97.2 Å². The van der Waals surface area contributed by atoms with Crippen LogP contribution in [0.3, 0.4) is 0 Å². The fraction of sp³-hybridized carbons (Fsp3) is 0.818. The molecular weight excluding hydrogens is 206 g/mol. The quantitative estimate of drug-likeness (QED) is 0.620. The second-order valence-electron chi connectivity index (χ2n) is 5.41. The Morgan fingerprint density at radius 3 is 2.06 bits per heavy atom. The topological polar surface area (TPSA) is 84.2 Å². The SMILES string of the molecule is CNC(=O)C(C)(C)CNC(=O)CC(C)(C)N. The average molecular weight is 229 g/mol. The fourth-order valence-electron chi connectivity index (χ4n) is 1.21. The number of amides is 2. The van der Waals surface area contributed by atoms with Gasteiger partial charge in [0.2, 0.25) is 11.8 Å². The minimum Gasteiger partial charge on any atom is -0.359 e. The number of nitrogens with two attached hydrogens (primary N) is 1. The van der Waals surface area contributed by atoms with Gasteiger partial charge >= 0.3 is 0 Å². The average Bonchev–Trinajstić information content (AvgIpc) is 2.11. The molecule has 0 aromatic heterocycles. The summed E-state index contributed by atoms with van der Waals surface area (Å²) in [5.41, 5.74) is 4.59. The summed E-state index contributed by atoms with van der Waals surface area (Å²) in [7, 11) is 1.58. The first-order valence-corrected chi connectivity index (χ1v) is 5.36. The molecule has 0 saturated heterocycles. The van der Waals surface area contributed by atoms with Gasteiger partial charge in [-0.05, 0) is 27.7 Å². The lowest BCUT2D eigenvalue weighted by molar-refractivity contribution is -0.129. The summed E-state index contributed by atoms with van der Waals surface area (Å²) in [4.78, 5) is 22.9. The summed E-state index contributed by atoms with van der Waals surface area (Å²) >= 11 is 0. The molecule has 0 radical (unpaired) electrons. The maximum atomic E-state index is 11.5. The normalized spacial score (nSPS) is 12.1. The van der Waals surface area contributed by atoms with Gasteiger partial charge in [0.1, 0.15) is 0 Å². The van der Waals surface area contributed by atoms with Gasteiger partial charge in [-0.25, -0.2) is 0 Å². The molecule has 0 atom stereocenters. The van der Waals surface area contributed by atoms with Gasteiger partial charge in [-0.15, -0.1) is 0 Å². The monoisotopic (exact) mass is 229 g/mol. The Balaban J connectivity index is 4.15. The molecule has 0 aliphatic heterocycles. The molecule has 0 aliphatic carbocycles. The fourth-order valence-corrected chi connectivity index (χ4v) is 1.21. The first-order chi connectivity index (χ1) is 7.08. The van der Waals surface area contributed by atoms with E-state index in [0.717, 1.165) is 0 Å². The van der Waals surface area contributed by atoms with Gasteiger partial charge in [-0.1, -0.05) is 0 Å². The van der Waals surface area contributed by atoms with Crippen LogP contribution >= 0.6 is 0 Å².